The molecule has 0 radical (unpaired) electrons. The van der Waals surface area contributed by atoms with Crippen LogP contribution in [0.25, 0.3) is 84.8 Å². The Labute approximate surface area is 326 Å². The number of hydrogen-bond acceptors (Lipinski definition) is 4. The Bertz CT molecular complexity index is 3180. The van der Waals surface area contributed by atoms with Gasteiger partial charge in [-0.05, 0) is 92.8 Å². The molecule has 0 atom stereocenters. The van der Waals surface area contributed by atoms with Crippen LogP contribution in [-0.4, -0.2) is 4.98 Å². The lowest BCUT2D eigenvalue weighted by atomic mass is 9.93. The monoisotopic (exact) mass is 736 g/mol. The van der Waals surface area contributed by atoms with Gasteiger partial charge in [-0.15, -0.1) is 22.7 Å². The molecular formula is C51H32N2S2. The summed E-state index contributed by atoms with van der Waals surface area (Å²) in [5.41, 5.74) is 10.4. The van der Waals surface area contributed by atoms with Crippen LogP contribution in [0.5, 0.6) is 0 Å². The second-order valence-corrected chi connectivity index (χ2v) is 16.0. The maximum atomic E-state index is 5.21. The van der Waals surface area contributed by atoms with Crippen molar-refractivity contribution < 1.29 is 0 Å². The number of aromatic nitrogens is 1. The second kappa shape index (κ2) is 13.1. The third kappa shape index (κ3) is 5.41. The lowest BCUT2D eigenvalue weighted by molar-refractivity contribution is 1.28. The molecule has 0 aliphatic carbocycles. The van der Waals surface area contributed by atoms with Gasteiger partial charge in [0, 0.05) is 48.4 Å². The van der Waals surface area contributed by atoms with Crippen molar-refractivity contribution in [3.8, 4) is 32.8 Å². The van der Waals surface area contributed by atoms with Gasteiger partial charge in [-0.25, -0.2) is 4.98 Å². The molecule has 9 aromatic carbocycles. The molecule has 258 valence electrons. The zero-order valence-electron chi connectivity index (χ0n) is 29.7. The Balaban J connectivity index is 1.03. The fourth-order valence-corrected chi connectivity index (χ4v) is 10.5. The summed E-state index contributed by atoms with van der Waals surface area (Å²) in [7, 11) is 0. The molecule has 0 unspecified atom stereocenters. The van der Waals surface area contributed by atoms with Gasteiger partial charge in [-0.3, -0.25) is 0 Å². The molecular weight excluding hydrogens is 705 g/mol. The number of hydrogen-bond donors (Lipinski definition) is 0. The normalized spacial score (nSPS) is 11.6. The largest absolute Gasteiger partial charge is 0.311 e. The molecule has 4 heteroatoms. The van der Waals surface area contributed by atoms with Crippen molar-refractivity contribution in [3.63, 3.8) is 0 Å². The fraction of sp³-hybridized carbons (Fsp3) is 0. The fourth-order valence-electron chi connectivity index (χ4n) is 8.09. The number of benzene rings is 9. The van der Waals surface area contributed by atoms with Crippen LogP contribution in [0.4, 0.5) is 17.1 Å². The summed E-state index contributed by atoms with van der Waals surface area (Å²) in [5.74, 6) is 0. The molecule has 2 heterocycles. The van der Waals surface area contributed by atoms with Gasteiger partial charge in [0.15, 0.2) is 0 Å². The highest BCUT2D eigenvalue weighted by atomic mass is 32.1. The molecule has 0 saturated heterocycles. The molecule has 2 aromatic heterocycles. The minimum atomic E-state index is 1.05. The summed E-state index contributed by atoms with van der Waals surface area (Å²) in [6, 6.07) is 70.2. The molecule has 0 spiro atoms. The predicted molar refractivity (Wildman–Crippen MR) is 239 cm³/mol. The van der Waals surface area contributed by atoms with Crippen molar-refractivity contribution in [1.29, 1.82) is 0 Å². The van der Waals surface area contributed by atoms with E-state index in [2.05, 4.69) is 199 Å². The molecule has 0 fully saturated rings. The van der Waals surface area contributed by atoms with E-state index in [4.69, 9.17) is 4.98 Å². The Hall–Kier alpha value is -6.59. The maximum Gasteiger partial charge on any atom is 0.124 e. The Kier molecular flexibility index (Phi) is 7.58. The van der Waals surface area contributed by atoms with Crippen LogP contribution in [-0.2, 0) is 0 Å². The second-order valence-electron chi connectivity index (χ2n) is 13.9. The first-order valence-corrected chi connectivity index (χ1v) is 20.2. The molecule has 55 heavy (non-hydrogen) atoms. The third-order valence-corrected chi connectivity index (χ3v) is 13.0. The molecule has 0 bridgehead atoms. The zero-order valence-corrected chi connectivity index (χ0v) is 31.3. The molecule has 0 aliphatic rings. The van der Waals surface area contributed by atoms with E-state index in [1.807, 2.05) is 11.3 Å². The van der Waals surface area contributed by atoms with Gasteiger partial charge in [-0.2, -0.15) is 0 Å². The Morgan fingerprint density at radius 3 is 1.71 bits per heavy atom. The van der Waals surface area contributed by atoms with E-state index in [1.54, 1.807) is 11.3 Å². The molecule has 0 aliphatic heterocycles. The van der Waals surface area contributed by atoms with Crippen molar-refractivity contribution in [1.82, 2.24) is 4.98 Å². The molecule has 11 rings (SSSR count). The molecule has 0 N–H and O–H groups in total. The van der Waals surface area contributed by atoms with E-state index < -0.39 is 0 Å². The SMILES string of the molecule is c1ccc(-c2nc3cc4c(sc5ccccc54)c(-c4ccc(N(c5ccccc5)c5ccc(-c6cc7ccccc7c7ccccc67)cc5)cc4)c3s2)cc1. The number of nitrogens with zero attached hydrogens (tertiary/aromatic N) is 2. The summed E-state index contributed by atoms with van der Waals surface area (Å²) in [6.45, 7) is 0. The number of rotatable bonds is 6. The smallest absolute Gasteiger partial charge is 0.124 e. The predicted octanol–water partition coefficient (Wildman–Crippen LogP) is 15.4. The maximum absolute atomic E-state index is 5.21. The van der Waals surface area contributed by atoms with Gasteiger partial charge < -0.3 is 4.90 Å². The summed E-state index contributed by atoms with van der Waals surface area (Å²) in [6.07, 6.45) is 0. The first kappa shape index (κ1) is 31.9. The van der Waals surface area contributed by atoms with Crippen LogP contribution >= 0.6 is 22.7 Å². The zero-order chi connectivity index (χ0) is 36.3. The highest BCUT2D eigenvalue weighted by Crippen LogP contribution is 2.48. The number of fused-ring (bicyclic) bond motifs is 7. The van der Waals surface area contributed by atoms with E-state index in [9.17, 15) is 0 Å². The van der Waals surface area contributed by atoms with Gasteiger partial charge in [0.2, 0.25) is 0 Å². The average Bonchev–Trinajstić information content (AvgIpc) is 3.85. The molecule has 0 saturated carbocycles. The van der Waals surface area contributed by atoms with Crippen LogP contribution in [0.1, 0.15) is 0 Å². The van der Waals surface area contributed by atoms with Crippen LogP contribution in [0, 0.1) is 0 Å². The van der Waals surface area contributed by atoms with E-state index in [0.29, 0.717) is 0 Å². The van der Waals surface area contributed by atoms with Gasteiger partial charge in [0.25, 0.3) is 0 Å². The van der Waals surface area contributed by atoms with Crippen molar-refractivity contribution in [2.45, 2.75) is 0 Å². The molecule has 11 aromatic rings. The lowest BCUT2D eigenvalue weighted by Gasteiger charge is -2.26. The minimum absolute atomic E-state index is 1.05. The van der Waals surface area contributed by atoms with Crippen molar-refractivity contribution in [3.05, 3.63) is 194 Å². The van der Waals surface area contributed by atoms with Crippen LogP contribution in [0.15, 0.2) is 194 Å². The quantitative estimate of drug-likeness (QED) is 0.158. The highest BCUT2D eigenvalue weighted by Gasteiger charge is 2.20. The van der Waals surface area contributed by atoms with E-state index >= 15 is 0 Å². The first-order valence-electron chi connectivity index (χ1n) is 18.5. The minimum Gasteiger partial charge on any atom is -0.311 e. The van der Waals surface area contributed by atoms with Crippen LogP contribution in [0.3, 0.4) is 0 Å². The van der Waals surface area contributed by atoms with E-state index in [-0.39, 0.29) is 0 Å². The van der Waals surface area contributed by atoms with Crippen molar-refractivity contribution in [2.75, 3.05) is 4.90 Å². The number of para-hydroxylation sites is 1. The lowest BCUT2D eigenvalue weighted by Crippen LogP contribution is -2.09. The van der Waals surface area contributed by atoms with Gasteiger partial charge in [0.1, 0.15) is 5.01 Å². The first-order chi connectivity index (χ1) is 27.3. The van der Waals surface area contributed by atoms with Crippen LogP contribution in [0.2, 0.25) is 0 Å². The summed E-state index contributed by atoms with van der Waals surface area (Å²) < 4.78 is 3.83. The molecule has 2 nitrogen and oxygen atoms in total. The van der Waals surface area contributed by atoms with E-state index in [0.717, 1.165) is 33.1 Å². The van der Waals surface area contributed by atoms with Gasteiger partial charge in [-0.1, -0.05) is 140 Å². The topological polar surface area (TPSA) is 16.1 Å². The van der Waals surface area contributed by atoms with Crippen molar-refractivity contribution >= 4 is 91.7 Å². The number of thiophene rings is 1. The molecule has 0 amide bonds. The Morgan fingerprint density at radius 2 is 0.964 bits per heavy atom. The highest BCUT2D eigenvalue weighted by molar-refractivity contribution is 7.27. The summed E-state index contributed by atoms with van der Waals surface area (Å²) in [5, 5.41) is 8.69. The standard InChI is InChI=1S/C51H32N2S2/c1-3-13-35(14-4-1)51-52-46-32-45-43-21-11-12-22-47(43)54-49(45)48(50(46)55-51)34-25-29-39(30-26-34)53(37-16-5-2-6-17-37)38-27-23-33(24-28-38)44-31-36-15-7-8-18-40(36)41-19-9-10-20-42(41)44/h1-32H. The van der Waals surface area contributed by atoms with Gasteiger partial charge >= 0.3 is 0 Å². The van der Waals surface area contributed by atoms with Gasteiger partial charge in [0.05, 0.1) is 10.2 Å². The summed E-state index contributed by atoms with van der Waals surface area (Å²) >= 11 is 3.66. The third-order valence-electron chi connectivity index (χ3n) is 10.7. The van der Waals surface area contributed by atoms with Crippen LogP contribution < -0.4 is 4.90 Å². The average molecular weight is 737 g/mol. The Morgan fingerprint density at radius 1 is 0.382 bits per heavy atom. The number of anilines is 3. The van der Waals surface area contributed by atoms with E-state index in [1.165, 1.54) is 68.7 Å². The number of thiazole rings is 1. The summed E-state index contributed by atoms with van der Waals surface area (Å²) in [4.78, 5) is 7.56. The van der Waals surface area contributed by atoms with Crippen molar-refractivity contribution in [2.24, 2.45) is 0 Å².